The van der Waals surface area contributed by atoms with Gasteiger partial charge in [-0.3, -0.25) is 0 Å². The van der Waals surface area contributed by atoms with E-state index in [9.17, 15) is 4.39 Å². The smallest absolute Gasteiger partial charge is 0.165 e. The summed E-state index contributed by atoms with van der Waals surface area (Å²) in [5, 5.41) is 0. The summed E-state index contributed by atoms with van der Waals surface area (Å²) in [6, 6.07) is 13.3. The van der Waals surface area contributed by atoms with E-state index in [1.807, 2.05) is 30.3 Å². The molecule has 1 aliphatic rings. The maximum atomic E-state index is 14.3. The molecule has 25 heavy (non-hydrogen) atoms. The van der Waals surface area contributed by atoms with Crippen LogP contribution < -0.4 is 9.47 Å². The van der Waals surface area contributed by atoms with E-state index in [4.69, 9.17) is 9.47 Å². The van der Waals surface area contributed by atoms with E-state index in [1.165, 1.54) is 6.07 Å². The highest BCUT2D eigenvalue weighted by Gasteiger charge is 2.20. The molecule has 0 aliphatic carbocycles. The minimum absolute atomic E-state index is 0.113. The van der Waals surface area contributed by atoms with Gasteiger partial charge in [0, 0.05) is 0 Å². The van der Waals surface area contributed by atoms with Crippen LogP contribution in [0.15, 0.2) is 42.5 Å². The third-order valence-corrected chi connectivity index (χ3v) is 4.74. The highest BCUT2D eigenvalue weighted by atomic mass is 19.1. The van der Waals surface area contributed by atoms with Crippen LogP contribution in [-0.4, -0.2) is 6.61 Å². The minimum Gasteiger partial charge on any atom is -0.494 e. The van der Waals surface area contributed by atoms with Crippen molar-refractivity contribution >= 4 is 0 Å². The molecule has 1 unspecified atom stereocenters. The number of benzene rings is 2. The molecule has 3 rings (SSSR count). The summed E-state index contributed by atoms with van der Waals surface area (Å²) in [7, 11) is 0. The lowest BCUT2D eigenvalue weighted by Gasteiger charge is -2.21. The van der Waals surface area contributed by atoms with Gasteiger partial charge in [-0.05, 0) is 61.4 Å². The van der Waals surface area contributed by atoms with Gasteiger partial charge < -0.3 is 9.47 Å². The van der Waals surface area contributed by atoms with E-state index in [2.05, 4.69) is 6.92 Å². The molecule has 0 radical (unpaired) electrons. The van der Waals surface area contributed by atoms with Crippen LogP contribution in [0.4, 0.5) is 4.39 Å². The molecule has 2 aromatic rings. The van der Waals surface area contributed by atoms with E-state index < -0.39 is 0 Å². The quantitative estimate of drug-likeness (QED) is 0.599. The molecule has 0 saturated heterocycles. The molecule has 3 heteroatoms. The number of halogens is 1. The lowest BCUT2D eigenvalue weighted by atomic mass is 10.0. The number of rotatable bonds is 5. The standard InChI is InChI=1S/C22H27FO2/c1-2-3-16-24-19-14-12-17(13-15-19)21-11-6-4-5-8-18-9-7-10-20(23)22(18)25-21/h7,9-10,12-15,21H,2-6,8,11,16H2,1H3. The molecule has 0 N–H and O–H groups in total. The minimum atomic E-state index is -0.260. The van der Waals surface area contributed by atoms with Crippen LogP contribution >= 0.6 is 0 Å². The van der Waals surface area contributed by atoms with Crippen molar-refractivity contribution in [2.24, 2.45) is 0 Å². The second-order valence-corrected chi connectivity index (χ2v) is 6.70. The van der Waals surface area contributed by atoms with Crippen molar-refractivity contribution in [3.8, 4) is 11.5 Å². The molecule has 134 valence electrons. The molecule has 0 saturated carbocycles. The number of aryl methyl sites for hydroxylation is 1. The van der Waals surface area contributed by atoms with Crippen molar-refractivity contribution in [3.63, 3.8) is 0 Å². The molecule has 0 spiro atoms. The topological polar surface area (TPSA) is 18.5 Å². The van der Waals surface area contributed by atoms with Gasteiger partial charge in [-0.15, -0.1) is 0 Å². The summed E-state index contributed by atoms with van der Waals surface area (Å²) in [5.41, 5.74) is 2.06. The third-order valence-electron chi connectivity index (χ3n) is 4.74. The molecular formula is C22H27FO2. The summed E-state index contributed by atoms with van der Waals surface area (Å²) < 4.78 is 26.2. The summed E-state index contributed by atoms with van der Waals surface area (Å²) in [4.78, 5) is 0. The van der Waals surface area contributed by atoms with Gasteiger partial charge in [0.25, 0.3) is 0 Å². The van der Waals surface area contributed by atoms with Gasteiger partial charge >= 0.3 is 0 Å². The average molecular weight is 342 g/mol. The van der Waals surface area contributed by atoms with Gasteiger partial charge in [-0.25, -0.2) is 4.39 Å². The average Bonchev–Trinajstić information content (AvgIpc) is 2.74. The first-order chi connectivity index (χ1) is 12.3. The van der Waals surface area contributed by atoms with Crippen LogP contribution in [0.3, 0.4) is 0 Å². The van der Waals surface area contributed by atoms with Crippen molar-refractivity contribution in [1.82, 2.24) is 0 Å². The number of hydrogen-bond donors (Lipinski definition) is 0. The van der Waals surface area contributed by atoms with Crippen LogP contribution in [0.2, 0.25) is 0 Å². The predicted octanol–water partition coefficient (Wildman–Crippen LogP) is 6.24. The first-order valence-electron chi connectivity index (χ1n) is 9.44. The zero-order valence-corrected chi connectivity index (χ0v) is 15.0. The summed E-state index contributed by atoms with van der Waals surface area (Å²) >= 11 is 0. The van der Waals surface area contributed by atoms with Crippen LogP contribution in [0.1, 0.15) is 62.7 Å². The highest BCUT2D eigenvalue weighted by molar-refractivity contribution is 5.37. The lowest BCUT2D eigenvalue weighted by molar-refractivity contribution is 0.183. The maximum absolute atomic E-state index is 14.3. The third kappa shape index (κ3) is 4.75. The van der Waals surface area contributed by atoms with Gasteiger partial charge in [-0.2, -0.15) is 0 Å². The maximum Gasteiger partial charge on any atom is 0.165 e. The zero-order chi connectivity index (χ0) is 17.5. The van der Waals surface area contributed by atoms with Gasteiger partial charge in [0.05, 0.1) is 6.61 Å². The first kappa shape index (κ1) is 17.8. The fourth-order valence-corrected chi connectivity index (χ4v) is 3.25. The molecule has 0 amide bonds. The Morgan fingerprint density at radius 3 is 2.72 bits per heavy atom. The van der Waals surface area contributed by atoms with Crippen LogP contribution in [0, 0.1) is 5.82 Å². The van der Waals surface area contributed by atoms with E-state index in [0.29, 0.717) is 5.75 Å². The molecule has 2 nitrogen and oxygen atoms in total. The van der Waals surface area contributed by atoms with E-state index in [-0.39, 0.29) is 11.9 Å². The van der Waals surface area contributed by atoms with Crippen molar-refractivity contribution in [1.29, 1.82) is 0 Å². The first-order valence-corrected chi connectivity index (χ1v) is 9.44. The van der Waals surface area contributed by atoms with Gasteiger partial charge in [0.2, 0.25) is 0 Å². The van der Waals surface area contributed by atoms with Gasteiger partial charge in [0.15, 0.2) is 11.6 Å². The Morgan fingerprint density at radius 1 is 1.08 bits per heavy atom. The van der Waals surface area contributed by atoms with Crippen LogP contribution in [0.5, 0.6) is 11.5 Å². The van der Waals surface area contributed by atoms with Crippen molar-refractivity contribution in [2.45, 2.75) is 58.0 Å². The van der Waals surface area contributed by atoms with Crippen molar-refractivity contribution < 1.29 is 13.9 Å². The molecule has 0 aromatic heterocycles. The van der Waals surface area contributed by atoms with Crippen LogP contribution in [0.25, 0.3) is 0 Å². The van der Waals surface area contributed by atoms with Crippen molar-refractivity contribution in [2.75, 3.05) is 6.61 Å². The number of unbranched alkanes of at least 4 members (excludes halogenated alkanes) is 1. The number of ether oxygens (including phenoxy) is 2. The van der Waals surface area contributed by atoms with Gasteiger partial charge in [0.1, 0.15) is 11.9 Å². The SMILES string of the molecule is CCCCOc1ccc(C2CCCCCc3cccc(F)c3O2)cc1. The van der Waals surface area contributed by atoms with E-state index in [0.717, 1.165) is 68.4 Å². The Kier molecular flexibility index (Phi) is 6.32. The summed E-state index contributed by atoms with van der Waals surface area (Å²) in [6.07, 6.45) is 7.18. The second kappa shape index (κ2) is 8.89. The summed E-state index contributed by atoms with van der Waals surface area (Å²) in [5.74, 6) is 1.05. The summed E-state index contributed by atoms with van der Waals surface area (Å²) in [6.45, 7) is 2.90. The van der Waals surface area contributed by atoms with Crippen molar-refractivity contribution in [3.05, 3.63) is 59.4 Å². The number of hydrogen-bond acceptors (Lipinski definition) is 2. The highest BCUT2D eigenvalue weighted by Crippen LogP contribution is 2.34. The lowest BCUT2D eigenvalue weighted by Crippen LogP contribution is -2.09. The largest absolute Gasteiger partial charge is 0.494 e. The zero-order valence-electron chi connectivity index (χ0n) is 15.0. The Balaban J connectivity index is 1.77. The second-order valence-electron chi connectivity index (χ2n) is 6.70. The number of para-hydroxylation sites is 1. The Hall–Kier alpha value is -2.03. The normalized spacial score (nSPS) is 17.6. The Bertz CT molecular complexity index is 666. The molecule has 0 fully saturated rings. The Morgan fingerprint density at radius 2 is 1.92 bits per heavy atom. The Labute approximate surface area is 150 Å². The van der Waals surface area contributed by atoms with Gasteiger partial charge in [-0.1, -0.05) is 44.0 Å². The monoisotopic (exact) mass is 342 g/mol. The molecule has 0 bridgehead atoms. The predicted molar refractivity (Wildman–Crippen MR) is 98.8 cm³/mol. The molecule has 1 atom stereocenters. The fraction of sp³-hybridized carbons (Fsp3) is 0.455. The molecule has 1 aliphatic heterocycles. The number of fused-ring (bicyclic) bond motifs is 1. The van der Waals surface area contributed by atoms with Crippen LogP contribution in [-0.2, 0) is 6.42 Å². The molecule has 2 aromatic carbocycles. The molecular weight excluding hydrogens is 315 g/mol. The molecule has 1 heterocycles. The van der Waals surface area contributed by atoms with E-state index in [1.54, 1.807) is 6.07 Å². The van der Waals surface area contributed by atoms with E-state index >= 15 is 0 Å². The fourth-order valence-electron chi connectivity index (χ4n) is 3.25.